The predicted octanol–water partition coefficient (Wildman–Crippen LogP) is 0.953. The second-order valence-corrected chi connectivity index (χ2v) is 2.75. The molecule has 2 aliphatic heterocycles. The molecule has 0 spiro atoms. The Balaban J connectivity index is 1.93. The minimum Gasteiger partial charge on any atom is -0.373 e. The Kier molecular flexibility index (Phi) is 1.24. The first kappa shape index (κ1) is 5.69. The average molecular weight is 128 g/mol. The fourth-order valence-electron chi connectivity index (χ4n) is 1.62. The molecule has 52 valence electrons. The summed E-state index contributed by atoms with van der Waals surface area (Å²) in [5.41, 5.74) is 0. The van der Waals surface area contributed by atoms with Crippen LogP contribution in [0.1, 0.15) is 19.8 Å². The molecule has 0 radical (unpaired) electrons. The molecule has 2 saturated heterocycles. The third-order valence-electron chi connectivity index (χ3n) is 2.20. The highest BCUT2D eigenvalue weighted by molar-refractivity contribution is 4.92. The molecule has 2 rings (SSSR count). The predicted molar refractivity (Wildman–Crippen MR) is 33.3 cm³/mol. The molecule has 2 unspecified atom stereocenters. The normalized spacial score (nSPS) is 48.3. The molecule has 0 saturated carbocycles. The summed E-state index contributed by atoms with van der Waals surface area (Å²) >= 11 is 0. The number of rotatable bonds is 1. The van der Waals surface area contributed by atoms with E-state index >= 15 is 0 Å². The summed E-state index contributed by atoms with van der Waals surface area (Å²) in [6.45, 7) is 3.05. The van der Waals surface area contributed by atoms with E-state index in [1.165, 1.54) is 0 Å². The van der Waals surface area contributed by atoms with Crippen LogP contribution in [0.25, 0.3) is 0 Å². The highest BCUT2D eigenvalue weighted by Gasteiger charge is 2.45. The molecule has 3 atom stereocenters. The van der Waals surface area contributed by atoms with E-state index in [0.717, 1.165) is 19.4 Å². The molecule has 0 aliphatic carbocycles. The van der Waals surface area contributed by atoms with Crippen LogP contribution in [0.15, 0.2) is 0 Å². The fourth-order valence-corrected chi connectivity index (χ4v) is 1.62. The number of hydrogen-bond acceptors (Lipinski definition) is 2. The van der Waals surface area contributed by atoms with Crippen LogP contribution in [0.2, 0.25) is 0 Å². The molecule has 2 aliphatic rings. The van der Waals surface area contributed by atoms with Gasteiger partial charge in [0.05, 0.1) is 12.2 Å². The molecule has 0 aromatic carbocycles. The maximum atomic E-state index is 5.49. The zero-order valence-corrected chi connectivity index (χ0v) is 5.67. The third-order valence-corrected chi connectivity index (χ3v) is 2.20. The van der Waals surface area contributed by atoms with Crippen molar-refractivity contribution >= 4 is 0 Å². The zero-order chi connectivity index (χ0) is 6.27. The molecular formula is C7H12O2. The van der Waals surface area contributed by atoms with Crippen molar-refractivity contribution in [2.24, 2.45) is 0 Å². The zero-order valence-electron chi connectivity index (χ0n) is 5.67. The van der Waals surface area contributed by atoms with Gasteiger partial charge in [0.1, 0.15) is 6.10 Å². The highest BCUT2D eigenvalue weighted by Crippen LogP contribution is 2.33. The smallest absolute Gasteiger partial charge is 0.110 e. The van der Waals surface area contributed by atoms with Crippen molar-refractivity contribution in [1.29, 1.82) is 0 Å². The van der Waals surface area contributed by atoms with E-state index in [1.807, 2.05) is 0 Å². The highest BCUT2D eigenvalue weighted by atomic mass is 16.6. The maximum Gasteiger partial charge on any atom is 0.110 e. The van der Waals surface area contributed by atoms with Crippen molar-refractivity contribution < 1.29 is 9.47 Å². The minimum atomic E-state index is 0.414. The van der Waals surface area contributed by atoms with Crippen molar-refractivity contribution in [3.63, 3.8) is 0 Å². The van der Waals surface area contributed by atoms with E-state index in [1.54, 1.807) is 0 Å². The van der Waals surface area contributed by atoms with Crippen LogP contribution in [0, 0.1) is 0 Å². The lowest BCUT2D eigenvalue weighted by Gasteiger charge is -2.38. The van der Waals surface area contributed by atoms with E-state index < -0.39 is 0 Å². The average Bonchev–Trinajstić information content (AvgIpc) is 2.14. The summed E-state index contributed by atoms with van der Waals surface area (Å²) in [6.07, 6.45) is 3.53. The van der Waals surface area contributed by atoms with E-state index in [0.29, 0.717) is 18.3 Å². The second-order valence-electron chi connectivity index (χ2n) is 2.75. The molecule has 2 heterocycles. The first-order valence-corrected chi connectivity index (χ1v) is 3.69. The van der Waals surface area contributed by atoms with Crippen LogP contribution in [0.5, 0.6) is 0 Å². The summed E-state index contributed by atoms with van der Waals surface area (Å²) in [6, 6.07) is 0. The number of fused-ring (bicyclic) bond motifs is 1. The van der Waals surface area contributed by atoms with Gasteiger partial charge in [0.25, 0.3) is 0 Å². The Morgan fingerprint density at radius 3 is 3.11 bits per heavy atom. The quantitative estimate of drug-likeness (QED) is 0.523. The standard InChI is InChI=1S/C7H12O2/c1-2-5-7-6(9-5)3-4-8-7/h5-7H,2-4H2,1H3/t5-,6?,7?/m1/s1. The fraction of sp³-hybridized carbons (Fsp3) is 1.00. The molecule has 0 bridgehead atoms. The van der Waals surface area contributed by atoms with Gasteiger partial charge in [-0.15, -0.1) is 0 Å². The van der Waals surface area contributed by atoms with E-state index in [-0.39, 0.29) is 0 Å². The molecule has 9 heavy (non-hydrogen) atoms. The van der Waals surface area contributed by atoms with Crippen molar-refractivity contribution in [3.8, 4) is 0 Å². The van der Waals surface area contributed by atoms with Crippen LogP contribution in [0.3, 0.4) is 0 Å². The summed E-state index contributed by atoms with van der Waals surface area (Å²) in [5.74, 6) is 0. The Morgan fingerprint density at radius 2 is 2.44 bits per heavy atom. The molecular weight excluding hydrogens is 116 g/mol. The third kappa shape index (κ3) is 0.700. The first-order valence-electron chi connectivity index (χ1n) is 3.69. The summed E-state index contributed by atoms with van der Waals surface area (Å²) in [4.78, 5) is 0. The minimum absolute atomic E-state index is 0.414. The SMILES string of the molecule is CC[C@H]1OC2CCOC21. The van der Waals surface area contributed by atoms with E-state index in [9.17, 15) is 0 Å². The van der Waals surface area contributed by atoms with Gasteiger partial charge in [-0.1, -0.05) is 6.92 Å². The van der Waals surface area contributed by atoms with E-state index in [4.69, 9.17) is 9.47 Å². The first-order chi connectivity index (χ1) is 4.42. The molecule has 2 nitrogen and oxygen atoms in total. The Bertz CT molecular complexity index is 113. The molecule has 0 amide bonds. The van der Waals surface area contributed by atoms with Gasteiger partial charge in [-0.3, -0.25) is 0 Å². The van der Waals surface area contributed by atoms with Gasteiger partial charge < -0.3 is 9.47 Å². The maximum absolute atomic E-state index is 5.49. The summed E-state index contributed by atoms with van der Waals surface area (Å²) in [5, 5.41) is 0. The molecule has 0 aromatic rings. The Morgan fingerprint density at radius 1 is 1.56 bits per heavy atom. The van der Waals surface area contributed by atoms with Crippen LogP contribution in [0.4, 0.5) is 0 Å². The van der Waals surface area contributed by atoms with Gasteiger partial charge in [-0.25, -0.2) is 0 Å². The Hall–Kier alpha value is -0.0800. The van der Waals surface area contributed by atoms with Gasteiger partial charge in [0.2, 0.25) is 0 Å². The van der Waals surface area contributed by atoms with Crippen LogP contribution >= 0.6 is 0 Å². The van der Waals surface area contributed by atoms with E-state index in [2.05, 4.69) is 6.92 Å². The topological polar surface area (TPSA) is 18.5 Å². The van der Waals surface area contributed by atoms with Gasteiger partial charge in [0, 0.05) is 6.61 Å². The lowest BCUT2D eigenvalue weighted by molar-refractivity contribution is -0.198. The summed E-state index contributed by atoms with van der Waals surface area (Å²) < 4.78 is 10.9. The van der Waals surface area contributed by atoms with Crippen molar-refractivity contribution in [1.82, 2.24) is 0 Å². The molecule has 2 heteroatoms. The lowest BCUT2D eigenvalue weighted by Crippen LogP contribution is -2.50. The number of hydrogen-bond donors (Lipinski definition) is 0. The van der Waals surface area contributed by atoms with Crippen molar-refractivity contribution in [3.05, 3.63) is 0 Å². The van der Waals surface area contributed by atoms with Crippen LogP contribution in [-0.4, -0.2) is 24.9 Å². The monoisotopic (exact) mass is 128 g/mol. The molecule has 2 fully saturated rings. The van der Waals surface area contributed by atoms with Crippen molar-refractivity contribution in [2.75, 3.05) is 6.61 Å². The van der Waals surface area contributed by atoms with Crippen LogP contribution < -0.4 is 0 Å². The Labute approximate surface area is 55.1 Å². The van der Waals surface area contributed by atoms with Gasteiger partial charge in [0.15, 0.2) is 0 Å². The van der Waals surface area contributed by atoms with Crippen molar-refractivity contribution in [2.45, 2.75) is 38.1 Å². The van der Waals surface area contributed by atoms with Gasteiger partial charge >= 0.3 is 0 Å². The summed E-state index contributed by atoms with van der Waals surface area (Å²) in [7, 11) is 0. The van der Waals surface area contributed by atoms with Crippen LogP contribution in [-0.2, 0) is 9.47 Å². The second kappa shape index (κ2) is 1.96. The number of ether oxygens (including phenoxy) is 2. The lowest BCUT2D eigenvalue weighted by atomic mass is 9.99. The van der Waals surface area contributed by atoms with Gasteiger partial charge in [-0.2, -0.15) is 0 Å². The van der Waals surface area contributed by atoms with Gasteiger partial charge in [-0.05, 0) is 12.8 Å². The molecule has 0 aromatic heterocycles. The molecule has 0 N–H and O–H groups in total. The largest absolute Gasteiger partial charge is 0.373 e.